The van der Waals surface area contributed by atoms with E-state index in [9.17, 15) is 22.9 Å². The van der Waals surface area contributed by atoms with Crippen molar-refractivity contribution in [2.75, 3.05) is 23.3 Å². The number of halogens is 3. The number of aromatic nitrogens is 2. The van der Waals surface area contributed by atoms with Gasteiger partial charge in [0.1, 0.15) is 18.1 Å². The minimum absolute atomic E-state index is 0.00224. The van der Waals surface area contributed by atoms with Crippen LogP contribution in [0.15, 0.2) is 53.7 Å². The van der Waals surface area contributed by atoms with Crippen LogP contribution in [0.4, 0.5) is 24.9 Å². The summed E-state index contributed by atoms with van der Waals surface area (Å²) in [5.74, 6) is -0.165. The van der Waals surface area contributed by atoms with E-state index in [0.717, 1.165) is 17.2 Å². The van der Waals surface area contributed by atoms with Gasteiger partial charge in [-0.2, -0.15) is 23.1 Å². The van der Waals surface area contributed by atoms with E-state index in [1.807, 2.05) is 11.0 Å². The van der Waals surface area contributed by atoms with Gasteiger partial charge in [0, 0.05) is 25.2 Å². The lowest BCUT2D eigenvalue weighted by atomic mass is 9.88. The van der Waals surface area contributed by atoms with E-state index >= 15 is 0 Å². The van der Waals surface area contributed by atoms with Crippen LogP contribution in [0, 0.1) is 4.91 Å². The minimum Gasteiger partial charge on any atom is -0.365 e. The highest BCUT2D eigenvalue weighted by Gasteiger charge is 2.34. The van der Waals surface area contributed by atoms with Crippen molar-refractivity contribution in [2.45, 2.75) is 32.1 Å². The number of hydrogen-bond donors (Lipinski definition) is 2. The van der Waals surface area contributed by atoms with Crippen LogP contribution in [0.5, 0.6) is 0 Å². The normalized spacial score (nSPS) is 14.2. The lowest BCUT2D eigenvalue weighted by Crippen LogP contribution is -2.33. The Kier molecular flexibility index (Phi) is 6.68. The molecular weight excluding hydrogens is 461 g/mol. The zero-order valence-electron chi connectivity index (χ0n) is 18.8. The van der Waals surface area contributed by atoms with Gasteiger partial charge in [0.05, 0.1) is 5.56 Å². The fraction of sp³-hybridized carbons (Fsp3) is 0.292. The Hall–Kier alpha value is -4.02. The van der Waals surface area contributed by atoms with Crippen LogP contribution in [-0.2, 0) is 19.1 Å². The number of rotatable bonds is 7. The molecule has 0 aliphatic carbocycles. The second kappa shape index (κ2) is 9.69. The summed E-state index contributed by atoms with van der Waals surface area (Å²) in [6.45, 7) is 2.50. The largest absolute Gasteiger partial charge is 0.417 e. The smallest absolute Gasteiger partial charge is 0.365 e. The molecule has 4 rings (SSSR count). The van der Waals surface area contributed by atoms with Crippen LogP contribution in [0.2, 0.25) is 0 Å². The van der Waals surface area contributed by atoms with Crippen LogP contribution in [0.1, 0.15) is 34.1 Å². The molecule has 3 aromatic rings. The predicted molar refractivity (Wildman–Crippen MR) is 126 cm³/mol. The van der Waals surface area contributed by atoms with Gasteiger partial charge < -0.3 is 16.0 Å². The van der Waals surface area contributed by atoms with E-state index in [4.69, 9.17) is 5.73 Å². The molecule has 35 heavy (non-hydrogen) atoms. The minimum atomic E-state index is -4.47. The molecule has 1 aliphatic heterocycles. The number of carbonyl (C=O) groups excluding carboxylic acids is 1. The van der Waals surface area contributed by atoms with Crippen molar-refractivity contribution in [2.24, 2.45) is 10.9 Å². The molecule has 1 atom stereocenters. The maximum absolute atomic E-state index is 13.6. The van der Waals surface area contributed by atoms with E-state index < -0.39 is 17.6 Å². The number of amides is 1. The van der Waals surface area contributed by atoms with Crippen LogP contribution >= 0.6 is 0 Å². The van der Waals surface area contributed by atoms with E-state index in [2.05, 4.69) is 20.5 Å². The number of anilines is 2. The number of benzene rings is 2. The van der Waals surface area contributed by atoms with Gasteiger partial charge >= 0.3 is 6.18 Å². The molecule has 1 aliphatic rings. The molecule has 182 valence electrons. The lowest BCUT2D eigenvalue weighted by Gasteiger charge is -2.31. The quantitative estimate of drug-likeness (QED) is 0.481. The number of fused-ring (bicyclic) bond motifs is 1. The molecule has 8 nitrogen and oxygen atoms in total. The van der Waals surface area contributed by atoms with Gasteiger partial charge in [-0.05, 0) is 41.7 Å². The van der Waals surface area contributed by atoms with Crippen molar-refractivity contribution in [1.82, 2.24) is 9.97 Å². The van der Waals surface area contributed by atoms with Gasteiger partial charge in [-0.15, -0.1) is 0 Å². The molecule has 0 unspecified atom stereocenters. The summed E-state index contributed by atoms with van der Waals surface area (Å²) in [5.41, 5.74) is 7.12. The molecule has 11 heteroatoms. The molecule has 2 heterocycles. The van der Waals surface area contributed by atoms with Gasteiger partial charge in [-0.25, -0.2) is 4.98 Å². The standard InChI is InChI=1S/C24H23F3N6O2/c1-14(12-29-35)30-21-11-20(22(28)34)31-23(32-21)33-10-9-16-15(13-33)5-4-7-17(16)18-6-2-3-8-19(18)24(25,26)27/h2-8,11,14H,9-10,12-13H2,1H3,(H2,28,34)(H,30,31,32)/t14-/m0/s1. The first kappa shape index (κ1) is 24.1. The van der Waals surface area contributed by atoms with Gasteiger partial charge in [0.25, 0.3) is 5.91 Å². The first-order valence-electron chi connectivity index (χ1n) is 10.9. The lowest BCUT2D eigenvalue weighted by molar-refractivity contribution is -0.137. The summed E-state index contributed by atoms with van der Waals surface area (Å²) in [5, 5.41) is 5.85. The van der Waals surface area contributed by atoms with Crippen molar-refractivity contribution in [3.05, 3.63) is 75.8 Å². The molecule has 1 amide bonds. The van der Waals surface area contributed by atoms with Crippen molar-refractivity contribution in [3.8, 4) is 11.1 Å². The average Bonchev–Trinajstić information content (AvgIpc) is 2.82. The summed E-state index contributed by atoms with van der Waals surface area (Å²) in [7, 11) is 0. The van der Waals surface area contributed by atoms with Crippen molar-refractivity contribution in [3.63, 3.8) is 0 Å². The van der Waals surface area contributed by atoms with Gasteiger partial charge in [-0.3, -0.25) is 4.79 Å². The summed E-state index contributed by atoms with van der Waals surface area (Å²) < 4.78 is 40.9. The fourth-order valence-electron chi connectivity index (χ4n) is 4.18. The summed E-state index contributed by atoms with van der Waals surface area (Å²) in [4.78, 5) is 33.0. The van der Waals surface area contributed by atoms with Crippen LogP contribution in [-0.4, -0.2) is 35.0 Å². The van der Waals surface area contributed by atoms with Crippen LogP contribution in [0.25, 0.3) is 11.1 Å². The highest BCUT2D eigenvalue weighted by atomic mass is 19.4. The number of nitrogens with one attached hydrogen (secondary N) is 1. The fourth-order valence-corrected chi connectivity index (χ4v) is 4.18. The number of alkyl halides is 3. The highest BCUT2D eigenvalue weighted by Crippen LogP contribution is 2.40. The molecule has 0 saturated heterocycles. The highest BCUT2D eigenvalue weighted by molar-refractivity contribution is 5.91. The molecule has 0 saturated carbocycles. The van der Waals surface area contributed by atoms with E-state index in [1.165, 1.54) is 18.2 Å². The third kappa shape index (κ3) is 5.23. The Morgan fingerprint density at radius 1 is 1.17 bits per heavy atom. The molecule has 2 aromatic carbocycles. The molecule has 0 spiro atoms. The Labute approximate surface area is 199 Å². The molecule has 3 N–H and O–H groups in total. The monoisotopic (exact) mass is 484 g/mol. The summed E-state index contributed by atoms with van der Waals surface area (Å²) >= 11 is 0. The molecule has 0 bridgehead atoms. The number of carbonyl (C=O) groups is 1. The van der Waals surface area contributed by atoms with Crippen molar-refractivity contribution >= 4 is 17.7 Å². The molecule has 1 aromatic heterocycles. The SMILES string of the molecule is C[C@@H](CN=O)Nc1cc(C(N)=O)nc(N2CCc3c(cccc3-c3ccccc3C(F)(F)F)C2)n1. The number of primary amides is 1. The average molecular weight is 484 g/mol. The molecule has 0 radical (unpaired) electrons. The Morgan fingerprint density at radius 3 is 2.63 bits per heavy atom. The topological polar surface area (TPSA) is 114 Å². The van der Waals surface area contributed by atoms with Crippen molar-refractivity contribution in [1.29, 1.82) is 0 Å². The zero-order valence-corrected chi connectivity index (χ0v) is 18.8. The maximum Gasteiger partial charge on any atom is 0.417 e. The van der Waals surface area contributed by atoms with Crippen LogP contribution < -0.4 is 16.0 Å². The van der Waals surface area contributed by atoms with Crippen molar-refractivity contribution < 1.29 is 18.0 Å². The number of nitrogens with zero attached hydrogens (tertiary/aromatic N) is 4. The Balaban J connectivity index is 1.68. The first-order chi connectivity index (χ1) is 16.7. The number of nitrogens with two attached hydrogens (primary N) is 1. The first-order valence-corrected chi connectivity index (χ1v) is 10.9. The summed E-state index contributed by atoms with van der Waals surface area (Å²) in [6, 6.07) is 11.9. The van der Waals surface area contributed by atoms with Gasteiger partial charge in [-0.1, -0.05) is 41.6 Å². The second-order valence-electron chi connectivity index (χ2n) is 8.32. The Bertz CT molecular complexity index is 1260. The van der Waals surface area contributed by atoms with E-state index in [1.54, 1.807) is 25.1 Å². The van der Waals surface area contributed by atoms with Crippen LogP contribution in [0.3, 0.4) is 0 Å². The third-order valence-electron chi connectivity index (χ3n) is 5.78. The zero-order chi connectivity index (χ0) is 25.2. The predicted octanol–water partition coefficient (Wildman–Crippen LogP) is 4.39. The number of hydrogen-bond acceptors (Lipinski definition) is 7. The number of nitroso groups, excluding NO2 is 1. The third-order valence-corrected chi connectivity index (χ3v) is 5.78. The molecular formula is C24H23F3N6O2. The summed E-state index contributed by atoms with van der Waals surface area (Å²) in [6.07, 6.45) is -4.01. The van der Waals surface area contributed by atoms with Gasteiger partial charge in [0.2, 0.25) is 5.95 Å². The molecule has 0 fully saturated rings. The van der Waals surface area contributed by atoms with E-state index in [-0.39, 0.29) is 29.8 Å². The Morgan fingerprint density at radius 2 is 1.91 bits per heavy atom. The van der Waals surface area contributed by atoms with Gasteiger partial charge in [0.15, 0.2) is 0 Å². The maximum atomic E-state index is 13.6. The van der Waals surface area contributed by atoms with E-state index in [0.29, 0.717) is 30.9 Å². The second-order valence-corrected chi connectivity index (χ2v) is 8.32.